The SMILES string of the molecule is CCN(CCNC(=O)N1CCCC1)C(=O)c1cc(Cc2n[nH]c(=O)c3ccccc23)ccc1F. The van der Waals surface area contributed by atoms with Crippen LogP contribution in [0.2, 0.25) is 0 Å². The molecular formula is C25H28FN5O3. The summed E-state index contributed by atoms with van der Waals surface area (Å²) < 4.78 is 14.6. The summed E-state index contributed by atoms with van der Waals surface area (Å²) in [6.45, 7) is 4.28. The summed E-state index contributed by atoms with van der Waals surface area (Å²) in [5.74, 6) is -1.04. The molecule has 1 fully saturated rings. The molecule has 0 atom stereocenters. The molecule has 9 heteroatoms. The number of benzene rings is 2. The van der Waals surface area contributed by atoms with Crippen LogP contribution < -0.4 is 10.9 Å². The van der Waals surface area contributed by atoms with E-state index >= 15 is 0 Å². The lowest BCUT2D eigenvalue weighted by Gasteiger charge is -2.23. The van der Waals surface area contributed by atoms with E-state index in [2.05, 4.69) is 15.5 Å². The summed E-state index contributed by atoms with van der Waals surface area (Å²) in [6.07, 6.45) is 2.34. The lowest BCUT2D eigenvalue weighted by molar-refractivity contribution is 0.0760. The Morgan fingerprint density at radius 2 is 1.88 bits per heavy atom. The van der Waals surface area contributed by atoms with Gasteiger partial charge in [0.25, 0.3) is 11.5 Å². The number of H-pyrrole nitrogens is 1. The predicted molar refractivity (Wildman–Crippen MR) is 127 cm³/mol. The van der Waals surface area contributed by atoms with Crippen molar-refractivity contribution in [3.63, 3.8) is 0 Å². The van der Waals surface area contributed by atoms with Crippen molar-refractivity contribution in [2.45, 2.75) is 26.2 Å². The van der Waals surface area contributed by atoms with Gasteiger partial charge in [0.2, 0.25) is 0 Å². The number of nitrogens with zero attached hydrogens (tertiary/aromatic N) is 3. The molecule has 3 amide bonds. The molecule has 0 bridgehead atoms. The van der Waals surface area contributed by atoms with Crippen molar-refractivity contribution in [2.75, 3.05) is 32.7 Å². The minimum absolute atomic E-state index is 0.0288. The summed E-state index contributed by atoms with van der Waals surface area (Å²) in [7, 11) is 0. The highest BCUT2D eigenvalue weighted by Crippen LogP contribution is 2.19. The van der Waals surface area contributed by atoms with Crippen LogP contribution in [-0.2, 0) is 6.42 Å². The Morgan fingerprint density at radius 3 is 2.62 bits per heavy atom. The van der Waals surface area contributed by atoms with E-state index in [0.717, 1.165) is 25.9 Å². The molecule has 1 saturated heterocycles. The van der Waals surface area contributed by atoms with E-state index in [-0.39, 0.29) is 23.7 Å². The monoisotopic (exact) mass is 465 g/mol. The Labute approximate surface area is 196 Å². The standard InChI is InChI=1S/C25H28FN5O3/c1-2-30(14-11-27-25(34)31-12-5-6-13-31)24(33)20-15-17(9-10-21(20)26)16-22-18-7-3-4-8-19(18)23(32)29-28-22/h3-4,7-10,15H,2,5-6,11-14,16H2,1H3,(H,27,34)(H,29,32). The van der Waals surface area contributed by atoms with Crippen molar-refractivity contribution in [1.29, 1.82) is 0 Å². The van der Waals surface area contributed by atoms with Crippen LogP contribution in [-0.4, -0.2) is 64.7 Å². The molecule has 2 aromatic carbocycles. The van der Waals surface area contributed by atoms with E-state index in [4.69, 9.17) is 0 Å². The van der Waals surface area contributed by atoms with Gasteiger partial charge in [-0.25, -0.2) is 14.3 Å². The molecule has 34 heavy (non-hydrogen) atoms. The number of fused-ring (bicyclic) bond motifs is 1. The van der Waals surface area contributed by atoms with Crippen LogP contribution in [0, 0.1) is 5.82 Å². The molecule has 1 aromatic heterocycles. The van der Waals surface area contributed by atoms with Gasteiger partial charge in [0, 0.05) is 44.5 Å². The third kappa shape index (κ3) is 5.08. The van der Waals surface area contributed by atoms with Gasteiger partial charge in [-0.2, -0.15) is 5.10 Å². The molecule has 0 aliphatic carbocycles. The summed E-state index contributed by atoms with van der Waals surface area (Å²) in [5, 5.41) is 10.7. The Bertz CT molecular complexity index is 1250. The van der Waals surface area contributed by atoms with Gasteiger partial charge in [0.05, 0.1) is 16.6 Å². The van der Waals surface area contributed by atoms with Gasteiger partial charge in [-0.3, -0.25) is 9.59 Å². The molecule has 1 aliphatic heterocycles. The van der Waals surface area contributed by atoms with Gasteiger partial charge < -0.3 is 15.1 Å². The van der Waals surface area contributed by atoms with Crippen LogP contribution in [0.3, 0.4) is 0 Å². The third-order valence-electron chi connectivity index (χ3n) is 6.13. The first-order valence-corrected chi connectivity index (χ1v) is 11.5. The second-order valence-corrected chi connectivity index (χ2v) is 8.35. The van der Waals surface area contributed by atoms with Crippen molar-refractivity contribution < 1.29 is 14.0 Å². The predicted octanol–water partition coefficient (Wildman–Crippen LogP) is 2.92. The molecule has 2 N–H and O–H groups in total. The average Bonchev–Trinajstić information content (AvgIpc) is 3.40. The zero-order valence-electron chi connectivity index (χ0n) is 19.1. The normalized spacial score (nSPS) is 13.3. The Balaban J connectivity index is 1.47. The molecule has 0 unspecified atom stereocenters. The van der Waals surface area contributed by atoms with E-state index in [1.807, 2.05) is 19.1 Å². The number of aromatic nitrogens is 2. The molecule has 3 aromatic rings. The van der Waals surface area contributed by atoms with Crippen molar-refractivity contribution in [3.8, 4) is 0 Å². The fraction of sp³-hybridized carbons (Fsp3) is 0.360. The van der Waals surface area contributed by atoms with Crippen LogP contribution in [0.15, 0.2) is 47.3 Å². The van der Waals surface area contributed by atoms with E-state index in [0.29, 0.717) is 41.5 Å². The number of aromatic amines is 1. The number of carbonyl (C=O) groups is 2. The molecule has 1 aliphatic rings. The highest BCUT2D eigenvalue weighted by atomic mass is 19.1. The first-order chi connectivity index (χ1) is 16.5. The Hall–Kier alpha value is -3.75. The van der Waals surface area contributed by atoms with Crippen molar-refractivity contribution in [2.24, 2.45) is 0 Å². The molecule has 178 valence electrons. The summed E-state index contributed by atoms with van der Waals surface area (Å²) in [6, 6.07) is 11.4. The zero-order valence-corrected chi connectivity index (χ0v) is 19.1. The minimum Gasteiger partial charge on any atom is -0.337 e. The number of rotatable bonds is 7. The largest absolute Gasteiger partial charge is 0.337 e. The van der Waals surface area contributed by atoms with Gasteiger partial charge in [-0.05, 0) is 43.5 Å². The maximum atomic E-state index is 14.6. The van der Waals surface area contributed by atoms with E-state index < -0.39 is 11.7 Å². The molecular weight excluding hydrogens is 437 g/mol. The number of hydrogen-bond acceptors (Lipinski definition) is 4. The number of amides is 3. The summed E-state index contributed by atoms with van der Waals surface area (Å²) >= 11 is 0. The first kappa shape index (κ1) is 23.4. The third-order valence-corrected chi connectivity index (χ3v) is 6.13. The average molecular weight is 466 g/mol. The van der Waals surface area contributed by atoms with Crippen LogP contribution in [0.25, 0.3) is 10.8 Å². The minimum atomic E-state index is -0.604. The maximum Gasteiger partial charge on any atom is 0.317 e. The second-order valence-electron chi connectivity index (χ2n) is 8.35. The fourth-order valence-electron chi connectivity index (χ4n) is 4.25. The smallest absolute Gasteiger partial charge is 0.317 e. The number of nitrogens with one attached hydrogen (secondary N) is 2. The van der Waals surface area contributed by atoms with Crippen LogP contribution >= 0.6 is 0 Å². The highest BCUT2D eigenvalue weighted by Gasteiger charge is 2.21. The van der Waals surface area contributed by atoms with Gasteiger partial charge in [0.15, 0.2) is 0 Å². The molecule has 4 rings (SSSR count). The number of halogens is 1. The van der Waals surface area contributed by atoms with Gasteiger partial charge in [-0.1, -0.05) is 24.3 Å². The van der Waals surface area contributed by atoms with E-state index in [1.165, 1.54) is 17.0 Å². The quantitative estimate of drug-likeness (QED) is 0.561. The zero-order chi connectivity index (χ0) is 24.1. The van der Waals surface area contributed by atoms with Crippen molar-refractivity contribution in [3.05, 3.63) is 75.5 Å². The van der Waals surface area contributed by atoms with Crippen LogP contribution in [0.4, 0.5) is 9.18 Å². The van der Waals surface area contributed by atoms with Crippen molar-refractivity contribution >= 4 is 22.7 Å². The van der Waals surface area contributed by atoms with Gasteiger partial charge in [-0.15, -0.1) is 0 Å². The number of carbonyl (C=O) groups excluding carboxylic acids is 2. The van der Waals surface area contributed by atoms with Crippen molar-refractivity contribution in [1.82, 2.24) is 25.3 Å². The lowest BCUT2D eigenvalue weighted by Crippen LogP contribution is -2.43. The number of hydrogen-bond donors (Lipinski definition) is 2. The summed E-state index contributed by atoms with van der Waals surface area (Å²) in [4.78, 5) is 40.6. The molecule has 0 radical (unpaired) electrons. The number of likely N-dealkylation sites (N-methyl/N-ethyl adjacent to an activating group) is 1. The highest BCUT2D eigenvalue weighted by molar-refractivity contribution is 5.94. The maximum absolute atomic E-state index is 14.6. The molecule has 8 nitrogen and oxygen atoms in total. The lowest BCUT2D eigenvalue weighted by atomic mass is 10.0. The number of likely N-dealkylation sites (tertiary alicyclic amines) is 1. The fourth-order valence-corrected chi connectivity index (χ4v) is 4.25. The second kappa shape index (κ2) is 10.5. The van der Waals surface area contributed by atoms with Gasteiger partial charge >= 0.3 is 6.03 Å². The molecule has 2 heterocycles. The van der Waals surface area contributed by atoms with Gasteiger partial charge in [0.1, 0.15) is 5.82 Å². The number of urea groups is 1. The first-order valence-electron chi connectivity index (χ1n) is 11.5. The van der Waals surface area contributed by atoms with E-state index in [9.17, 15) is 18.8 Å². The topological polar surface area (TPSA) is 98.4 Å². The Morgan fingerprint density at radius 1 is 1.15 bits per heavy atom. The Kier molecular flexibility index (Phi) is 7.20. The molecule has 0 saturated carbocycles. The van der Waals surface area contributed by atoms with E-state index in [1.54, 1.807) is 23.1 Å². The van der Waals surface area contributed by atoms with Crippen LogP contribution in [0.5, 0.6) is 0 Å². The van der Waals surface area contributed by atoms with Crippen LogP contribution in [0.1, 0.15) is 41.4 Å². The molecule has 0 spiro atoms. The summed E-state index contributed by atoms with van der Waals surface area (Å²) in [5.41, 5.74) is 1.04.